The molecule has 1 aliphatic heterocycles. The molecular weight excluding hydrogens is 456 g/mol. The molecule has 0 aliphatic carbocycles. The Morgan fingerprint density at radius 3 is 2.61 bits per heavy atom. The van der Waals surface area contributed by atoms with Gasteiger partial charge < -0.3 is 9.88 Å². The van der Waals surface area contributed by atoms with Crippen LogP contribution >= 0.6 is 11.8 Å². The van der Waals surface area contributed by atoms with Crippen LogP contribution in [-0.4, -0.2) is 47.0 Å². The number of nitrogens with one attached hydrogen (secondary N) is 1. The summed E-state index contributed by atoms with van der Waals surface area (Å²) < 4.78 is 29.7. The molecule has 1 fully saturated rings. The number of rotatable bonds is 8. The van der Waals surface area contributed by atoms with Crippen LogP contribution < -0.4 is 5.32 Å². The lowest BCUT2D eigenvalue weighted by Crippen LogP contribution is -2.35. The maximum absolute atomic E-state index is 13.1. The van der Waals surface area contributed by atoms with Crippen LogP contribution in [0.3, 0.4) is 0 Å². The normalized spacial score (nSPS) is 15.1. The van der Waals surface area contributed by atoms with Crippen LogP contribution in [0.1, 0.15) is 37.3 Å². The Kier molecular flexibility index (Phi) is 7.41. The molecule has 0 radical (unpaired) electrons. The average Bonchev–Trinajstić information content (AvgIpc) is 3.19. The van der Waals surface area contributed by atoms with Crippen molar-refractivity contribution in [3.8, 4) is 0 Å². The highest BCUT2D eigenvalue weighted by molar-refractivity contribution is 7.99. The van der Waals surface area contributed by atoms with Gasteiger partial charge in [-0.3, -0.25) is 4.79 Å². The van der Waals surface area contributed by atoms with Crippen LogP contribution in [0, 0.1) is 6.92 Å². The Hall–Kier alpha value is -2.36. The molecule has 1 amide bonds. The van der Waals surface area contributed by atoms with E-state index in [0.717, 1.165) is 35.9 Å². The van der Waals surface area contributed by atoms with Crippen molar-refractivity contribution in [2.24, 2.45) is 0 Å². The van der Waals surface area contributed by atoms with Crippen molar-refractivity contribution in [2.45, 2.75) is 56.3 Å². The summed E-state index contributed by atoms with van der Waals surface area (Å²) in [5, 5.41) is 3.68. The number of benzene rings is 2. The molecule has 7 nitrogen and oxygen atoms in total. The Balaban J connectivity index is 1.47. The molecule has 2 aromatic carbocycles. The summed E-state index contributed by atoms with van der Waals surface area (Å²) in [5.41, 5.74) is 3.75. The van der Waals surface area contributed by atoms with Crippen LogP contribution in [-0.2, 0) is 27.9 Å². The van der Waals surface area contributed by atoms with Crippen molar-refractivity contribution in [2.75, 3.05) is 18.8 Å². The summed E-state index contributed by atoms with van der Waals surface area (Å²) in [5.74, 6) is 0.181. The van der Waals surface area contributed by atoms with Crippen LogP contribution in [0.15, 0.2) is 52.5 Å². The molecule has 3 aromatic rings. The fourth-order valence-electron chi connectivity index (χ4n) is 4.10. The number of carbonyl (C=O) groups excluding carboxylic acids is 1. The Bertz CT molecular complexity index is 1250. The van der Waals surface area contributed by atoms with Crippen LogP contribution in [0.25, 0.3) is 11.0 Å². The average molecular weight is 487 g/mol. The van der Waals surface area contributed by atoms with Gasteiger partial charge in [-0.15, -0.1) is 0 Å². The summed E-state index contributed by atoms with van der Waals surface area (Å²) in [6.45, 7) is 6.36. The first-order valence-electron chi connectivity index (χ1n) is 11.3. The number of carbonyl (C=O) groups is 1. The lowest BCUT2D eigenvalue weighted by molar-refractivity contribution is -0.118. The molecule has 1 aliphatic rings. The summed E-state index contributed by atoms with van der Waals surface area (Å²) >= 11 is 1.37. The van der Waals surface area contributed by atoms with E-state index in [1.807, 2.05) is 48.7 Å². The van der Waals surface area contributed by atoms with Crippen LogP contribution in [0.5, 0.6) is 0 Å². The first kappa shape index (κ1) is 23.8. The maximum Gasteiger partial charge on any atom is 0.243 e. The molecule has 1 N–H and O–H groups in total. The third-order valence-electron chi connectivity index (χ3n) is 6.02. The van der Waals surface area contributed by atoms with Gasteiger partial charge in [-0.2, -0.15) is 4.31 Å². The van der Waals surface area contributed by atoms with E-state index in [-0.39, 0.29) is 16.6 Å². The van der Waals surface area contributed by atoms with Gasteiger partial charge in [0.05, 0.1) is 21.7 Å². The zero-order valence-electron chi connectivity index (χ0n) is 19.1. The second-order valence-corrected chi connectivity index (χ2v) is 11.1. The number of hydrogen-bond acceptors (Lipinski definition) is 5. The Morgan fingerprint density at radius 1 is 1.12 bits per heavy atom. The number of imidazole rings is 1. The molecule has 2 heterocycles. The summed E-state index contributed by atoms with van der Waals surface area (Å²) in [6.07, 6.45) is 2.88. The number of piperidine rings is 1. The first-order chi connectivity index (χ1) is 15.9. The highest BCUT2D eigenvalue weighted by atomic mass is 32.2. The molecule has 0 spiro atoms. The van der Waals surface area contributed by atoms with E-state index in [2.05, 4.69) is 10.3 Å². The fraction of sp³-hybridized carbons (Fsp3) is 0.417. The molecular formula is C24H30N4O3S2. The zero-order chi connectivity index (χ0) is 23.4. The minimum atomic E-state index is -3.51. The number of aromatic nitrogens is 2. The fourth-order valence-corrected chi connectivity index (χ4v) is 6.55. The number of thioether (sulfide) groups is 1. The number of nitrogens with zero attached hydrogens (tertiary/aromatic N) is 3. The molecule has 1 aromatic heterocycles. The molecule has 1 saturated heterocycles. The van der Waals surface area contributed by atoms with Gasteiger partial charge in [0.2, 0.25) is 15.9 Å². The van der Waals surface area contributed by atoms with Gasteiger partial charge in [-0.05, 0) is 56.0 Å². The molecule has 9 heteroatoms. The maximum atomic E-state index is 13.1. The highest BCUT2D eigenvalue weighted by Gasteiger charge is 2.26. The topological polar surface area (TPSA) is 84.3 Å². The highest BCUT2D eigenvalue weighted by Crippen LogP contribution is 2.28. The van der Waals surface area contributed by atoms with Gasteiger partial charge in [0, 0.05) is 26.2 Å². The monoisotopic (exact) mass is 486 g/mol. The van der Waals surface area contributed by atoms with E-state index in [1.165, 1.54) is 11.8 Å². The molecule has 176 valence electrons. The Labute approximate surface area is 199 Å². The van der Waals surface area contributed by atoms with Crippen molar-refractivity contribution in [1.82, 2.24) is 19.2 Å². The third-order valence-corrected chi connectivity index (χ3v) is 8.89. The van der Waals surface area contributed by atoms with Gasteiger partial charge in [-0.1, -0.05) is 42.4 Å². The minimum Gasteiger partial charge on any atom is -0.351 e. The first-order valence-corrected chi connectivity index (χ1v) is 13.8. The van der Waals surface area contributed by atoms with Crippen molar-refractivity contribution in [3.05, 3.63) is 53.6 Å². The summed E-state index contributed by atoms with van der Waals surface area (Å²) in [7, 11) is -3.51. The molecule has 4 rings (SSSR count). The van der Waals surface area contributed by atoms with Gasteiger partial charge in [0.15, 0.2) is 5.16 Å². The molecule has 33 heavy (non-hydrogen) atoms. The van der Waals surface area contributed by atoms with E-state index in [9.17, 15) is 13.2 Å². The summed E-state index contributed by atoms with van der Waals surface area (Å²) in [6, 6.07) is 13.1. The predicted octanol–water partition coefficient (Wildman–Crippen LogP) is 3.95. The van der Waals surface area contributed by atoms with Crippen LogP contribution in [0.2, 0.25) is 0 Å². The van der Waals surface area contributed by atoms with Crippen LogP contribution in [0.4, 0.5) is 0 Å². The smallest absolute Gasteiger partial charge is 0.243 e. The minimum absolute atomic E-state index is 0.0636. The molecule has 0 atom stereocenters. The van der Waals surface area contributed by atoms with Crippen molar-refractivity contribution in [1.29, 1.82) is 0 Å². The van der Waals surface area contributed by atoms with Gasteiger partial charge in [0.25, 0.3) is 0 Å². The van der Waals surface area contributed by atoms with Gasteiger partial charge >= 0.3 is 0 Å². The summed E-state index contributed by atoms with van der Waals surface area (Å²) in [4.78, 5) is 17.4. The zero-order valence-corrected chi connectivity index (χ0v) is 20.7. The SMILES string of the molecule is CCn1c(SCC(=O)NCc2ccccc2C)nc2cc(S(=O)(=O)N3CCCCC3)ccc21. The van der Waals surface area contributed by atoms with Crippen molar-refractivity contribution in [3.63, 3.8) is 0 Å². The number of amides is 1. The second kappa shape index (κ2) is 10.3. The quantitative estimate of drug-likeness (QED) is 0.488. The number of fused-ring (bicyclic) bond motifs is 1. The molecule has 0 saturated carbocycles. The second-order valence-electron chi connectivity index (χ2n) is 8.25. The predicted molar refractivity (Wildman–Crippen MR) is 132 cm³/mol. The van der Waals surface area contributed by atoms with E-state index in [1.54, 1.807) is 16.4 Å². The van der Waals surface area contributed by atoms with E-state index in [4.69, 9.17) is 0 Å². The van der Waals surface area contributed by atoms with E-state index >= 15 is 0 Å². The van der Waals surface area contributed by atoms with Gasteiger partial charge in [-0.25, -0.2) is 13.4 Å². The number of aryl methyl sites for hydroxylation is 2. The van der Waals surface area contributed by atoms with Crippen molar-refractivity contribution < 1.29 is 13.2 Å². The van der Waals surface area contributed by atoms with E-state index in [0.29, 0.717) is 36.9 Å². The lowest BCUT2D eigenvalue weighted by atomic mass is 10.1. The third kappa shape index (κ3) is 5.26. The number of hydrogen-bond donors (Lipinski definition) is 1. The molecule has 0 bridgehead atoms. The largest absolute Gasteiger partial charge is 0.351 e. The number of sulfonamides is 1. The van der Waals surface area contributed by atoms with Gasteiger partial charge in [0.1, 0.15) is 0 Å². The van der Waals surface area contributed by atoms with Crippen molar-refractivity contribution >= 4 is 38.7 Å². The van der Waals surface area contributed by atoms with E-state index < -0.39 is 10.0 Å². The molecule has 0 unspecified atom stereocenters. The standard InChI is InChI=1S/C24H30N4O3S2/c1-3-28-22-12-11-20(33(30,31)27-13-7-4-8-14-27)15-21(22)26-24(28)32-17-23(29)25-16-19-10-6-5-9-18(19)2/h5-6,9-12,15H,3-4,7-8,13-14,16-17H2,1-2H3,(H,25,29). The lowest BCUT2D eigenvalue weighted by Gasteiger charge is -2.25. The Morgan fingerprint density at radius 2 is 1.88 bits per heavy atom.